The maximum absolute atomic E-state index is 12.6. The molecule has 0 heterocycles. The Morgan fingerprint density at radius 3 is 2.43 bits per heavy atom. The van der Waals surface area contributed by atoms with Crippen LogP contribution >= 0.6 is 0 Å². The summed E-state index contributed by atoms with van der Waals surface area (Å²) in [6.45, 7) is 5.68. The topological polar surface area (TPSA) is 74.7 Å². The molecule has 0 aliphatic heterocycles. The Bertz CT molecular complexity index is 610. The van der Waals surface area contributed by atoms with Crippen molar-refractivity contribution in [3.63, 3.8) is 0 Å². The van der Waals surface area contributed by atoms with E-state index in [0.29, 0.717) is 12.0 Å². The Labute approximate surface area is 126 Å². The highest BCUT2D eigenvalue weighted by Crippen LogP contribution is 2.22. The zero-order valence-corrected chi connectivity index (χ0v) is 13.8. The number of carboxylic acids is 1. The van der Waals surface area contributed by atoms with Gasteiger partial charge in [0.1, 0.15) is 0 Å². The molecule has 0 spiro atoms. The van der Waals surface area contributed by atoms with Crippen molar-refractivity contribution in [3.05, 3.63) is 29.3 Å². The molecule has 21 heavy (non-hydrogen) atoms. The Balaban J connectivity index is 3.26. The van der Waals surface area contributed by atoms with Crippen molar-refractivity contribution in [3.8, 4) is 0 Å². The fraction of sp³-hybridized carbons (Fsp3) is 0.533. The summed E-state index contributed by atoms with van der Waals surface area (Å²) >= 11 is 0. The minimum atomic E-state index is -3.67. The first kappa shape index (κ1) is 17.7. The molecule has 1 unspecified atom stereocenters. The second-order valence-corrected chi connectivity index (χ2v) is 7.13. The van der Waals surface area contributed by atoms with Gasteiger partial charge in [0.05, 0.1) is 10.5 Å². The van der Waals surface area contributed by atoms with Crippen LogP contribution in [0.1, 0.15) is 49.5 Å². The number of hydrogen-bond donors (Lipinski definition) is 1. The molecule has 0 saturated carbocycles. The van der Waals surface area contributed by atoms with Crippen molar-refractivity contribution in [2.24, 2.45) is 0 Å². The van der Waals surface area contributed by atoms with E-state index in [1.807, 2.05) is 20.8 Å². The van der Waals surface area contributed by atoms with Crippen LogP contribution < -0.4 is 0 Å². The van der Waals surface area contributed by atoms with Gasteiger partial charge in [0.2, 0.25) is 10.0 Å². The highest BCUT2D eigenvalue weighted by molar-refractivity contribution is 7.89. The van der Waals surface area contributed by atoms with Gasteiger partial charge in [0.15, 0.2) is 0 Å². The van der Waals surface area contributed by atoms with Gasteiger partial charge in [-0.05, 0) is 37.5 Å². The normalized spacial score (nSPS) is 13.4. The maximum Gasteiger partial charge on any atom is 0.336 e. The molecule has 1 aromatic carbocycles. The third kappa shape index (κ3) is 3.83. The quantitative estimate of drug-likeness (QED) is 0.840. The van der Waals surface area contributed by atoms with Crippen LogP contribution in [-0.2, 0) is 16.4 Å². The van der Waals surface area contributed by atoms with Crippen molar-refractivity contribution >= 4 is 16.0 Å². The fourth-order valence-corrected chi connectivity index (χ4v) is 3.64. The predicted molar refractivity (Wildman–Crippen MR) is 82.1 cm³/mol. The van der Waals surface area contributed by atoms with Gasteiger partial charge in [-0.3, -0.25) is 0 Å². The Hall–Kier alpha value is -1.40. The lowest BCUT2D eigenvalue weighted by molar-refractivity contribution is 0.0695. The van der Waals surface area contributed by atoms with Crippen LogP contribution in [0.2, 0.25) is 0 Å². The Kier molecular flexibility index (Phi) is 5.92. The fourth-order valence-electron chi connectivity index (χ4n) is 2.23. The molecule has 0 aliphatic rings. The molecule has 1 N–H and O–H groups in total. The van der Waals surface area contributed by atoms with Crippen molar-refractivity contribution < 1.29 is 18.3 Å². The summed E-state index contributed by atoms with van der Waals surface area (Å²) in [7, 11) is -2.14. The standard InChI is InChI=1S/C15H23NO4S/c1-5-7-11(3)16(4)21(19,20)13-9-8-12(6-2)14(10-13)15(17)18/h8-11H,5-7H2,1-4H3,(H,17,18). The minimum Gasteiger partial charge on any atom is -0.478 e. The second-order valence-electron chi connectivity index (χ2n) is 5.14. The zero-order valence-electron chi connectivity index (χ0n) is 13.0. The van der Waals surface area contributed by atoms with Crippen LogP contribution in [0, 0.1) is 0 Å². The molecule has 118 valence electrons. The molecule has 0 saturated heterocycles. The number of aromatic carboxylic acids is 1. The van der Waals surface area contributed by atoms with Crippen molar-refractivity contribution in [2.45, 2.75) is 51.0 Å². The SMILES string of the molecule is CCCC(C)N(C)S(=O)(=O)c1ccc(CC)c(C(=O)O)c1. The zero-order chi connectivity index (χ0) is 16.2. The smallest absolute Gasteiger partial charge is 0.336 e. The molecule has 0 aliphatic carbocycles. The van der Waals surface area contributed by atoms with Crippen LogP contribution in [0.4, 0.5) is 0 Å². The molecule has 0 radical (unpaired) electrons. The lowest BCUT2D eigenvalue weighted by Gasteiger charge is -2.24. The molecule has 1 rings (SSSR count). The molecule has 1 aromatic rings. The summed E-state index contributed by atoms with van der Waals surface area (Å²) in [5.41, 5.74) is 0.681. The van der Waals surface area contributed by atoms with Gasteiger partial charge in [-0.25, -0.2) is 13.2 Å². The lowest BCUT2D eigenvalue weighted by Crippen LogP contribution is -2.35. The van der Waals surface area contributed by atoms with E-state index in [2.05, 4.69) is 0 Å². The first-order valence-corrected chi connectivity index (χ1v) is 8.53. The summed E-state index contributed by atoms with van der Waals surface area (Å²) < 4.78 is 26.4. The molecule has 5 nitrogen and oxygen atoms in total. The lowest BCUT2D eigenvalue weighted by atomic mass is 10.1. The van der Waals surface area contributed by atoms with Gasteiger partial charge in [0, 0.05) is 13.1 Å². The minimum absolute atomic E-state index is 0.0301. The van der Waals surface area contributed by atoms with E-state index in [1.54, 1.807) is 6.07 Å². The van der Waals surface area contributed by atoms with Crippen LogP contribution in [0.5, 0.6) is 0 Å². The van der Waals surface area contributed by atoms with E-state index in [-0.39, 0.29) is 16.5 Å². The van der Waals surface area contributed by atoms with Crippen LogP contribution in [0.3, 0.4) is 0 Å². The number of benzene rings is 1. The molecule has 0 bridgehead atoms. The van der Waals surface area contributed by atoms with E-state index in [9.17, 15) is 18.3 Å². The van der Waals surface area contributed by atoms with Crippen molar-refractivity contribution in [2.75, 3.05) is 7.05 Å². The summed E-state index contributed by atoms with van der Waals surface area (Å²) in [5, 5.41) is 9.21. The largest absolute Gasteiger partial charge is 0.478 e. The average molecular weight is 313 g/mol. The monoisotopic (exact) mass is 313 g/mol. The number of hydrogen-bond acceptors (Lipinski definition) is 3. The van der Waals surface area contributed by atoms with Crippen molar-refractivity contribution in [1.82, 2.24) is 4.31 Å². The molecular formula is C15H23NO4S. The number of aryl methyl sites for hydroxylation is 1. The van der Waals surface area contributed by atoms with Gasteiger partial charge in [0.25, 0.3) is 0 Å². The van der Waals surface area contributed by atoms with E-state index < -0.39 is 16.0 Å². The summed E-state index contributed by atoms with van der Waals surface area (Å²) in [4.78, 5) is 11.3. The predicted octanol–water partition coefficient (Wildman–Crippen LogP) is 2.76. The molecule has 0 fully saturated rings. The van der Waals surface area contributed by atoms with Gasteiger partial charge >= 0.3 is 5.97 Å². The third-order valence-corrected chi connectivity index (χ3v) is 5.66. The maximum atomic E-state index is 12.6. The van der Waals surface area contributed by atoms with Crippen LogP contribution in [0.15, 0.2) is 23.1 Å². The second kappa shape index (κ2) is 7.04. The molecule has 0 amide bonds. The number of carbonyl (C=O) groups is 1. The highest BCUT2D eigenvalue weighted by Gasteiger charge is 2.26. The van der Waals surface area contributed by atoms with E-state index in [1.165, 1.54) is 23.5 Å². The third-order valence-electron chi connectivity index (χ3n) is 3.70. The first-order chi connectivity index (χ1) is 9.75. The first-order valence-electron chi connectivity index (χ1n) is 7.09. The summed E-state index contributed by atoms with van der Waals surface area (Å²) in [6, 6.07) is 4.19. The average Bonchev–Trinajstić information content (AvgIpc) is 2.45. The van der Waals surface area contributed by atoms with Crippen LogP contribution in [-0.4, -0.2) is 36.9 Å². The molecule has 6 heteroatoms. The summed E-state index contributed by atoms with van der Waals surface area (Å²) in [6.07, 6.45) is 2.19. The van der Waals surface area contributed by atoms with E-state index in [0.717, 1.165) is 12.8 Å². The molecule has 0 aromatic heterocycles. The van der Waals surface area contributed by atoms with Gasteiger partial charge in [-0.2, -0.15) is 4.31 Å². The summed E-state index contributed by atoms with van der Waals surface area (Å²) in [5.74, 6) is -1.10. The van der Waals surface area contributed by atoms with Crippen molar-refractivity contribution in [1.29, 1.82) is 0 Å². The number of rotatable bonds is 7. The number of sulfonamides is 1. The van der Waals surface area contributed by atoms with E-state index >= 15 is 0 Å². The van der Waals surface area contributed by atoms with Crippen LogP contribution in [0.25, 0.3) is 0 Å². The Morgan fingerprint density at radius 2 is 1.95 bits per heavy atom. The van der Waals surface area contributed by atoms with Gasteiger partial charge in [-0.15, -0.1) is 0 Å². The number of nitrogens with zero attached hydrogens (tertiary/aromatic N) is 1. The highest BCUT2D eigenvalue weighted by atomic mass is 32.2. The van der Waals surface area contributed by atoms with Gasteiger partial charge < -0.3 is 5.11 Å². The number of carboxylic acid groups (broad SMARTS) is 1. The Morgan fingerprint density at radius 1 is 1.33 bits per heavy atom. The van der Waals surface area contributed by atoms with E-state index in [4.69, 9.17) is 0 Å². The molecular weight excluding hydrogens is 290 g/mol. The molecule has 1 atom stereocenters. The van der Waals surface area contributed by atoms with Gasteiger partial charge in [-0.1, -0.05) is 26.3 Å².